The lowest BCUT2D eigenvalue weighted by Crippen LogP contribution is -2.45. The molecule has 0 heterocycles. The fraction of sp³-hybridized carbons (Fsp3) is 0.588. The van der Waals surface area contributed by atoms with Crippen LogP contribution in [0.25, 0.3) is 0 Å². The van der Waals surface area contributed by atoms with Crippen LogP contribution in [0.4, 0.5) is 10.5 Å². The van der Waals surface area contributed by atoms with Crippen molar-refractivity contribution in [2.75, 3.05) is 5.32 Å². The van der Waals surface area contributed by atoms with E-state index in [9.17, 15) is 4.79 Å². The summed E-state index contributed by atoms with van der Waals surface area (Å²) in [7, 11) is 0. The first-order chi connectivity index (χ1) is 9.95. The highest BCUT2D eigenvalue weighted by Gasteiger charge is 2.54. The van der Waals surface area contributed by atoms with Crippen molar-refractivity contribution in [1.29, 1.82) is 0 Å². The first kappa shape index (κ1) is 17.1. The second kappa shape index (κ2) is 5.43. The lowest BCUT2D eigenvalue weighted by atomic mass is 9.79. The molecule has 0 atom stereocenters. The predicted molar refractivity (Wildman–Crippen MR) is 90.5 cm³/mol. The minimum absolute atomic E-state index is 0.0610. The molecule has 3 N–H and O–H groups in total. The number of hydrogen-bond acceptors (Lipinski definition) is 3. The third kappa shape index (κ3) is 3.55. The summed E-state index contributed by atoms with van der Waals surface area (Å²) in [5, 5.41) is 3.33. The Kier molecular flexibility index (Phi) is 4.22. The topological polar surface area (TPSA) is 64.3 Å². The molecule has 2 rings (SSSR count). The average molecular weight is 325 g/mol. The second-order valence-electron chi connectivity index (χ2n) is 7.63. The van der Waals surface area contributed by atoms with Crippen molar-refractivity contribution < 1.29 is 9.53 Å². The summed E-state index contributed by atoms with van der Waals surface area (Å²) in [6, 6.07) is 5.56. The van der Waals surface area contributed by atoms with Crippen LogP contribution in [0.1, 0.15) is 53.0 Å². The smallest absolute Gasteiger partial charge is 0.412 e. The van der Waals surface area contributed by atoms with Crippen molar-refractivity contribution in [2.45, 2.75) is 64.0 Å². The number of rotatable bonds is 3. The van der Waals surface area contributed by atoms with Gasteiger partial charge >= 0.3 is 6.09 Å². The van der Waals surface area contributed by atoms with E-state index in [1.165, 1.54) is 0 Å². The fourth-order valence-electron chi connectivity index (χ4n) is 2.79. The van der Waals surface area contributed by atoms with E-state index in [1.807, 2.05) is 46.8 Å². The maximum atomic E-state index is 11.8. The number of hydrogen-bond donors (Lipinski definition) is 2. The average Bonchev–Trinajstić information content (AvgIpc) is 3.06. The van der Waals surface area contributed by atoms with Gasteiger partial charge in [-0.25, -0.2) is 4.79 Å². The molecule has 22 heavy (non-hydrogen) atoms. The highest BCUT2D eigenvalue weighted by Crippen LogP contribution is 2.56. The molecule has 1 aliphatic carbocycles. The van der Waals surface area contributed by atoms with E-state index in [0.717, 1.165) is 18.4 Å². The Morgan fingerprint density at radius 3 is 2.27 bits per heavy atom. The van der Waals surface area contributed by atoms with Crippen LogP contribution in [0, 0.1) is 0 Å². The third-order valence-electron chi connectivity index (χ3n) is 4.11. The zero-order valence-corrected chi connectivity index (χ0v) is 14.7. The minimum Gasteiger partial charge on any atom is -0.444 e. The summed E-state index contributed by atoms with van der Waals surface area (Å²) in [5.41, 5.74) is 7.07. The van der Waals surface area contributed by atoms with Crippen LogP contribution in [0.2, 0.25) is 5.02 Å². The van der Waals surface area contributed by atoms with Gasteiger partial charge in [0.05, 0.1) is 0 Å². The molecule has 1 saturated carbocycles. The summed E-state index contributed by atoms with van der Waals surface area (Å²) in [6.45, 7) is 9.53. The SMILES string of the molecule is CC(C)(C)OC(=O)Nc1ccc(C2(C(C)(C)N)CC2)c(Cl)c1. The first-order valence-electron chi connectivity index (χ1n) is 7.54. The molecule has 122 valence electrons. The minimum atomic E-state index is -0.532. The lowest BCUT2D eigenvalue weighted by Gasteiger charge is -2.32. The van der Waals surface area contributed by atoms with Crippen molar-refractivity contribution in [3.63, 3.8) is 0 Å². The van der Waals surface area contributed by atoms with Crippen LogP contribution in [-0.4, -0.2) is 17.2 Å². The van der Waals surface area contributed by atoms with Crippen LogP contribution in [0.5, 0.6) is 0 Å². The molecule has 1 aliphatic rings. The van der Waals surface area contributed by atoms with E-state index in [-0.39, 0.29) is 11.0 Å². The van der Waals surface area contributed by atoms with E-state index in [0.29, 0.717) is 10.7 Å². The lowest BCUT2D eigenvalue weighted by molar-refractivity contribution is 0.0636. The molecule has 1 fully saturated rings. The number of anilines is 1. The van der Waals surface area contributed by atoms with Crippen molar-refractivity contribution >= 4 is 23.4 Å². The second-order valence-corrected chi connectivity index (χ2v) is 8.03. The predicted octanol–water partition coefficient (Wildman–Crippen LogP) is 4.46. The third-order valence-corrected chi connectivity index (χ3v) is 4.43. The van der Waals surface area contributed by atoms with Gasteiger partial charge in [-0.3, -0.25) is 5.32 Å². The van der Waals surface area contributed by atoms with Crippen molar-refractivity contribution in [3.8, 4) is 0 Å². The summed E-state index contributed by atoms with van der Waals surface area (Å²) < 4.78 is 5.23. The van der Waals surface area contributed by atoms with Gasteiger partial charge in [0, 0.05) is 21.7 Å². The number of benzene rings is 1. The number of nitrogens with one attached hydrogen (secondary N) is 1. The van der Waals surface area contributed by atoms with Gasteiger partial charge in [-0.05, 0) is 65.2 Å². The Labute approximate surface area is 137 Å². The van der Waals surface area contributed by atoms with Crippen molar-refractivity contribution in [2.24, 2.45) is 5.73 Å². The molecular weight excluding hydrogens is 300 g/mol. The van der Waals surface area contributed by atoms with Gasteiger partial charge in [0.2, 0.25) is 0 Å². The molecule has 0 aromatic heterocycles. The molecule has 0 bridgehead atoms. The van der Waals surface area contributed by atoms with Gasteiger partial charge in [0.1, 0.15) is 5.60 Å². The van der Waals surface area contributed by atoms with E-state index in [1.54, 1.807) is 6.07 Å². The molecular formula is C17H25ClN2O2. The number of carbonyl (C=O) groups excluding carboxylic acids is 1. The van der Waals surface area contributed by atoms with Gasteiger partial charge in [0.25, 0.3) is 0 Å². The highest BCUT2D eigenvalue weighted by molar-refractivity contribution is 6.32. The van der Waals surface area contributed by atoms with Crippen molar-refractivity contribution in [3.05, 3.63) is 28.8 Å². The van der Waals surface area contributed by atoms with Gasteiger partial charge in [-0.15, -0.1) is 0 Å². The van der Waals surface area contributed by atoms with Crippen molar-refractivity contribution in [1.82, 2.24) is 0 Å². The zero-order chi connectivity index (χ0) is 16.8. The molecule has 5 heteroatoms. The Balaban J connectivity index is 2.16. The van der Waals surface area contributed by atoms with E-state index < -0.39 is 11.7 Å². The summed E-state index contributed by atoms with van der Waals surface area (Å²) in [6.07, 6.45) is 1.58. The van der Waals surface area contributed by atoms with E-state index in [2.05, 4.69) is 5.32 Å². The molecule has 4 nitrogen and oxygen atoms in total. The number of ether oxygens (including phenoxy) is 1. The highest BCUT2D eigenvalue weighted by atomic mass is 35.5. The molecule has 1 amide bonds. The van der Waals surface area contributed by atoms with Crippen LogP contribution in [0.3, 0.4) is 0 Å². The van der Waals surface area contributed by atoms with Crippen LogP contribution in [-0.2, 0) is 10.2 Å². The number of carbonyl (C=O) groups is 1. The molecule has 1 aromatic rings. The van der Waals surface area contributed by atoms with Gasteiger partial charge in [-0.2, -0.15) is 0 Å². The van der Waals surface area contributed by atoms with Gasteiger partial charge in [0.15, 0.2) is 0 Å². The monoisotopic (exact) mass is 324 g/mol. The molecule has 0 aliphatic heterocycles. The molecule has 0 saturated heterocycles. The van der Waals surface area contributed by atoms with Crippen LogP contribution < -0.4 is 11.1 Å². The number of amides is 1. The number of halogens is 1. The Morgan fingerprint density at radius 1 is 1.27 bits per heavy atom. The summed E-state index contributed by atoms with van der Waals surface area (Å²) >= 11 is 6.43. The van der Waals surface area contributed by atoms with Crippen LogP contribution >= 0.6 is 11.6 Å². The quantitative estimate of drug-likeness (QED) is 0.863. The molecule has 0 radical (unpaired) electrons. The Bertz CT molecular complexity index is 581. The largest absolute Gasteiger partial charge is 0.444 e. The maximum absolute atomic E-state index is 11.8. The van der Waals surface area contributed by atoms with Crippen LogP contribution in [0.15, 0.2) is 18.2 Å². The maximum Gasteiger partial charge on any atom is 0.412 e. The van der Waals surface area contributed by atoms with Gasteiger partial charge in [-0.1, -0.05) is 17.7 Å². The molecule has 0 unspecified atom stereocenters. The Hall–Kier alpha value is -1.26. The normalized spacial score (nSPS) is 17.0. The summed E-state index contributed by atoms with van der Waals surface area (Å²) in [4.78, 5) is 11.8. The summed E-state index contributed by atoms with van der Waals surface area (Å²) in [5.74, 6) is 0. The number of nitrogens with two attached hydrogens (primary N) is 1. The standard InChI is InChI=1S/C17H25ClN2O2/c1-15(2,3)22-14(21)20-11-6-7-12(13(18)10-11)17(8-9-17)16(4,5)19/h6-7,10H,8-9,19H2,1-5H3,(H,20,21). The Morgan fingerprint density at radius 2 is 1.86 bits per heavy atom. The van der Waals surface area contributed by atoms with Gasteiger partial charge < -0.3 is 10.5 Å². The first-order valence-corrected chi connectivity index (χ1v) is 7.91. The molecule has 1 aromatic carbocycles. The molecule has 0 spiro atoms. The fourth-order valence-corrected chi connectivity index (χ4v) is 3.15. The van der Waals surface area contributed by atoms with E-state index >= 15 is 0 Å². The zero-order valence-electron chi connectivity index (χ0n) is 13.9. The van der Waals surface area contributed by atoms with E-state index in [4.69, 9.17) is 22.1 Å².